The average Bonchev–Trinajstić information content (AvgIpc) is 2.68. The summed E-state index contributed by atoms with van der Waals surface area (Å²) in [6.07, 6.45) is 0.774. The number of aromatic nitrogens is 1. The maximum Gasteiger partial charge on any atom is 0.161 e. The Morgan fingerprint density at radius 2 is 1.80 bits per heavy atom. The molecule has 1 aromatic heterocycles. The minimum Gasteiger partial charge on any atom is -0.493 e. The van der Waals surface area contributed by atoms with Gasteiger partial charge in [0.05, 0.1) is 25.4 Å². The van der Waals surface area contributed by atoms with Crippen molar-refractivity contribution in [1.29, 1.82) is 0 Å². The SMILES string of the molecule is CC/C(=N\Nc1ccc2ccccc2n1)c1ccc(OC)c(OC)c1. The van der Waals surface area contributed by atoms with Gasteiger partial charge >= 0.3 is 0 Å². The smallest absolute Gasteiger partial charge is 0.161 e. The zero-order chi connectivity index (χ0) is 17.6. The van der Waals surface area contributed by atoms with Crippen molar-refractivity contribution in [3.8, 4) is 11.5 Å². The van der Waals surface area contributed by atoms with Crippen LogP contribution < -0.4 is 14.9 Å². The van der Waals surface area contributed by atoms with Gasteiger partial charge in [-0.1, -0.05) is 25.1 Å². The van der Waals surface area contributed by atoms with Crippen molar-refractivity contribution in [2.24, 2.45) is 5.10 Å². The highest BCUT2D eigenvalue weighted by atomic mass is 16.5. The van der Waals surface area contributed by atoms with Gasteiger partial charge in [0, 0.05) is 10.9 Å². The molecular formula is C20H21N3O2. The lowest BCUT2D eigenvalue weighted by Gasteiger charge is -2.11. The Labute approximate surface area is 147 Å². The number of pyridine rings is 1. The van der Waals surface area contributed by atoms with Gasteiger partial charge in [0.15, 0.2) is 11.5 Å². The number of fused-ring (bicyclic) bond motifs is 1. The summed E-state index contributed by atoms with van der Waals surface area (Å²) in [7, 11) is 3.25. The van der Waals surface area contributed by atoms with Crippen molar-refractivity contribution in [3.05, 3.63) is 60.2 Å². The Bertz CT molecular complexity index is 906. The summed E-state index contributed by atoms with van der Waals surface area (Å²) in [5.74, 6) is 2.10. The van der Waals surface area contributed by atoms with Gasteiger partial charge in [-0.05, 0) is 42.8 Å². The zero-order valence-electron chi connectivity index (χ0n) is 14.6. The van der Waals surface area contributed by atoms with Crippen LogP contribution in [0.1, 0.15) is 18.9 Å². The van der Waals surface area contributed by atoms with Gasteiger partial charge in [-0.2, -0.15) is 5.10 Å². The third-order valence-corrected chi connectivity index (χ3v) is 3.96. The Morgan fingerprint density at radius 3 is 2.56 bits per heavy atom. The molecule has 3 rings (SSSR count). The van der Waals surface area contributed by atoms with E-state index < -0.39 is 0 Å². The quantitative estimate of drug-likeness (QED) is 0.533. The van der Waals surface area contributed by atoms with Crippen LogP contribution in [-0.4, -0.2) is 24.9 Å². The van der Waals surface area contributed by atoms with Crippen LogP contribution in [0.25, 0.3) is 10.9 Å². The predicted molar refractivity (Wildman–Crippen MR) is 102 cm³/mol. The monoisotopic (exact) mass is 335 g/mol. The summed E-state index contributed by atoms with van der Waals surface area (Å²) >= 11 is 0. The standard InChI is InChI=1S/C20H21N3O2/c1-4-16(15-9-11-18(24-2)19(13-15)25-3)22-23-20-12-10-14-7-5-6-8-17(14)21-20/h5-13H,4H2,1-3H3,(H,21,23)/b22-16+. The molecule has 0 aliphatic carbocycles. The van der Waals surface area contributed by atoms with Crippen LogP contribution >= 0.6 is 0 Å². The molecule has 5 nitrogen and oxygen atoms in total. The molecule has 0 aliphatic heterocycles. The summed E-state index contributed by atoms with van der Waals surface area (Å²) in [5.41, 5.74) is 5.89. The first kappa shape index (κ1) is 16.8. The van der Waals surface area contributed by atoms with E-state index in [1.54, 1.807) is 14.2 Å². The minimum atomic E-state index is 0.685. The molecule has 0 atom stereocenters. The number of hydrogen-bond acceptors (Lipinski definition) is 5. The van der Waals surface area contributed by atoms with Crippen molar-refractivity contribution in [1.82, 2.24) is 4.98 Å². The van der Waals surface area contributed by atoms with Gasteiger partial charge in [-0.25, -0.2) is 4.98 Å². The minimum absolute atomic E-state index is 0.685. The van der Waals surface area contributed by atoms with E-state index in [-0.39, 0.29) is 0 Å². The second kappa shape index (κ2) is 7.66. The summed E-state index contributed by atoms with van der Waals surface area (Å²) < 4.78 is 10.7. The van der Waals surface area contributed by atoms with Crippen molar-refractivity contribution in [2.75, 3.05) is 19.6 Å². The Morgan fingerprint density at radius 1 is 1.00 bits per heavy atom. The van der Waals surface area contributed by atoms with E-state index in [4.69, 9.17) is 9.47 Å². The molecule has 2 aromatic carbocycles. The van der Waals surface area contributed by atoms with Gasteiger partial charge in [0.1, 0.15) is 5.82 Å². The molecule has 0 bridgehead atoms. The number of benzene rings is 2. The van der Waals surface area contributed by atoms with E-state index in [0.717, 1.165) is 28.6 Å². The van der Waals surface area contributed by atoms with Gasteiger partial charge in [-0.3, -0.25) is 5.43 Å². The molecule has 0 fully saturated rings. The molecule has 0 saturated carbocycles. The molecule has 1 N–H and O–H groups in total. The van der Waals surface area contributed by atoms with E-state index in [9.17, 15) is 0 Å². The van der Waals surface area contributed by atoms with Crippen LogP contribution in [0.15, 0.2) is 59.7 Å². The number of hydrazone groups is 1. The fraction of sp³-hybridized carbons (Fsp3) is 0.200. The molecule has 25 heavy (non-hydrogen) atoms. The van der Waals surface area contributed by atoms with E-state index in [1.807, 2.05) is 54.6 Å². The molecule has 0 aliphatic rings. The molecule has 1 heterocycles. The van der Waals surface area contributed by atoms with Crippen LogP contribution in [0.5, 0.6) is 11.5 Å². The molecular weight excluding hydrogens is 314 g/mol. The van der Waals surface area contributed by atoms with Crippen molar-refractivity contribution < 1.29 is 9.47 Å². The molecule has 3 aromatic rings. The van der Waals surface area contributed by atoms with Crippen LogP contribution in [-0.2, 0) is 0 Å². The topological polar surface area (TPSA) is 55.7 Å². The van der Waals surface area contributed by atoms with E-state index in [2.05, 4.69) is 22.4 Å². The van der Waals surface area contributed by atoms with Crippen LogP contribution in [0.2, 0.25) is 0 Å². The summed E-state index contributed by atoms with van der Waals surface area (Å²) in [6.45, 7) is 2.06. The molecule has 128 valence electrons. The number of ether oxygens (including phenoxy) is 2. The van der Waals surface area contributed by atoms with E-state index >= 15 is 0 Å². The molecule has 0 spiro atoms. The van der Waals surface area contributed by atoms with Gasteiger partial charge in [-0.15, -0.1) is 0 Å². The summed E-state index contributed by atoms with van der Waals surface area (Å²) in [4.78, 5) is 4.57. The molecule has 0 saturated heterocycles. The summed E-state index contributed by atoms with van der Waals surface area (Å²) in [5, 5.41) is 5.63. The predicted octanol–water partition coefficient (Wildman–Crippen LogP) is 4.48. The number of anilines is 1. The first-order chi connectivity index (χ1) is 12.2. The van der Waals surface area contributed by atoms with Gasteiger partial charge < -0.3 is 9.47 Å². The van der Waals surface area contributed by atoms with Crippen molar-refractivity contribution >= 4 is 22.4 Å². The van der Waals surface area contributed by atoms with Gasteiger partial charge in [0.25, 0.3) is 0 Å². The lowest BCUT2D eigenvalue weighted by molar-refractivity contribution is 0.355. The lowest BCUT2D eigenvalue weighted by atomic mass is 10.1. The third-order valence-electron chi connectivity index (χ3n) is 3.96. The molecule has 0 unspecified atom stereocenters. The number of nitrogens with one attached hydrogen (secondary N) is 1. The van der Waals surface area contributed by atoms with Crippen molar-refractivity contribution in [3.63, 3.8) is 0 Å². The number of hydrogen-bond donors (Lipinski definition) is 1. The van der Waals surface area contributed by atoms with Crippen LogP contribution in [0.3, 0.4) is 0 Å². The maximum absolute atomic E-state index is 5.37. The number of methoxy groups -OCH3 is 2. The highest BCUT2D eigenvalue weighted by Gasteiger charge is 2.08. The highest BCUT2D eigenvalue weighted by molar-refractivity contribution is 6.01. The Hall–Kier alpha value is -3.08. The van der Waals surface area contributed by atoms with Gasteiger partial charge in [0.2, 0.25) is 0 Å². The van der Waals surface area contributed by atoms with E-state index in [0.29, 0.717) is 17.3 Å². The first-order valence-corrected chi connectivity index (χ1v) is 8.16. The van der Waals surface area contributed by atoms with Crippen LogP contribution in [0.4, 0.5) is 5.82 Å². The normalized spacial score (nSPS) is 11.4. The second-order valence-corrected chi connectivity index (χ2v) is 5.48. The average molecular weight is 335 g/mol. The second-order valence-electron chi connectivity index (χ2n) is 5.48. The lowest BCUT2D eigenvalue weighted by Crippen LogP contribution is -2.05. The highest BCUT2D eigenvalue weighted by Crippen LogP contribution is 2.28. The van der Waals surface area contributed by atoms with Crippen molar-refractivity contribution in [2.45, 2.75) is 13.3 Å². The third kappa shape index (κ3) is 3.71. The number of nitrogens with zero attached hydrogens (tertiary/aromatic N) is 2. The van der Waals surface area contributed by atoms with E-state index in [1.165, 1.54) is 0 Å². The Kier molecular flexibility index (Phi) is 5.14. The number of para-hydroxylation sites is 1. The maximum atomic E-state index is 5.37. The first-order valence-electron chi connectivity index (χ1n) is 8.16. The Balaban J connectivity index is 1.86. The number of rotatable bonds is 6. The largest absolute Gasteiger partial charge is 0.493 e. The molecule has 0 radical (unpaired) electrons. The molecule has 0 amide bonds. The summed E-state index contributed by atoms with van der Waals surface area (Å²) in [6, 6.07) is 17.7. The van der Waals surface area contributed by atoms with Crippen LogP contribution in [0, 0.1) is 0 Å². The fourth-order valence-electron chi connectivity index (χ4n) is 2.62. The molecule has 5 heteroatoms. The fourth-order valence-corrected chi connectivity index (χ4v) is 2.62. The zero-order valence-corrected chi connectivity index (χ0v) is 14.6.